The van der Waals surface area contributed by atoms with Gasteiger partial charge in [0.15, 0.2) is 0 Å². The largest absolute Gasteiger partial charge is 0.465 e. The molecule has 0 bridgehead atoms. The first-order valence-electron chi connectivity index (χ1n) is 8.60. The molecule has 0 N–H and O–H groups in total. The van der Waals surface area contributed by atoms with Crippen LogP contribution < -0.4 is 4.90 Å². The normalized spacial score (nSPS) is 17.5. The maximum atomic E-state index is 12.3. The monoisotopic (exact) mass is 358 g/mol. The number of terminal acetylenes is 1. The second kappa shape index (κ2) is 7.69. The number of carbonyl (C=O) groups excluding carboxylic acids is 2. The van der Waals surface area contributed by atoms with Crippen molar-refractivity contribution in [3.05, 3.63) is 29.3 Å². The van der Waals surface area contributed by atoms with Crippen molar-refractivity contribution < 1.29 is 19.1 Å². The number of carbonyl (C=O) groups is 2. The van der Waals surface area contributed by atoms with E-state index in [0.29, 0.717) is 30.8 Å². The summed E-state index contributed by atoms with van der Waals surface area (Å²) in [4.78, 5) is 28.2. The summed E-state index contributed by atoms with van der Waals surface area (Å²) in [5.74, 6) is 2.05. The van der Waals surface area contributed by atoms with Crippen molar-refractivity contribution in [2.24, 2.45) is 0 Å². The van der Waals surface area contributed by atoms with Crippen LogP contribution in [0.5, 0.6) is 0 Å². The molecule has 1 amide bonds. The van der Waals surface area contributed by atoms with Crippen LogP contribution in [0.25, 0.3) is 0 Å². The highest BCUT2D eigenvalue weighted by atomic mass is 16.6. The number of hydrogen-bond acceptors (Lipinski definition) is 5. The van der Waals surface area contributed by atoms with Crippen LogP contribution in [0.3, 0.4) is 0 Å². The van der Waals surface area contributed by atoms with E-state index in [1.807, 2.05) is 33.8 Å². The molecule has 1 aromatic carbocycles. The van der Waals surface area contributed by atoms with Crippen molar-refractivity contribution in [2.45, 2.75) is 39.3 Å². The second-order valence-corrected chi connectivity index (χ2v) is 7.33. The molecule has 6 nitrogen and oxygen atoms in total. The molecule has 0 radical (unpaired) electrons. The van der Waals surface area contributed by atoms with Crippen molar-refractivity contribution in [3.8, 4) is 12.3 Å². The van der Waals surface area contributed by atoms with Gasteiger partial charge in [-0.1, -0.05) is 5.92 Å². The average Bonchev–Trinajstić information content (AvgIpc) is 2.58. The van der Waals surface area contributed by atoms with Crippen molar-refractivity contribution in [1.82, 2.24) is 4.90 Å². The summed E-state index contributed by atoms with van der Waals surface area (Å²) < 4.78 is 10.3. The number of amides is 1. The minimum atomic E-state index is -0.519. The lowest BCUT2D eigenvalue weighted by Crippen LogP contribution is -2.55. The summed E-state index contributed by atoms with van der Waals surface area (Å²) in [5, 5.41) is 0. The molecule has 140 valence electrons. The van der Waals surface area contributed by atoms with Crippen molar-refractivity contribution >= 4 is 17.7 Å². The van der Waals surface area contributed by atoms with Crippen molar-refractivity contribution in [1.29, 1.82) is 0 Å². The molecular weight excluding hydrogens is 332 g/mol. The first-order valence-corrected chi connectivity index (χ1v) is 8.60. The lowest BCUT2D eigenvalue weighted by molar-refractivity contribution is 0.0159. The van der Waals surface area contributed by atoms with Gasteiger partial charge in [-0.2, -0.15) is 0 Å². The van der Waals surface area contributed by atoms with Gasteiger partial charge in [0, 0.05) is 36.9 Å². The molecule has 1 fully saturated rings. The number of methoxy groups -OCH3 is 1. The molecule has 26 heavy (non-hydrogen) atoms. The number of hydrogen-bond donors (Lipinski definition) is 0. The van der Waals surface area contributed by atoms with Crippen molar-refractivity contribution in [2.75, 3.05) is 31.6 Å². The lowest BCUT2D eigenvalue weighted by atomic mass is 10.1. The Kier molecular flexibility index (Phi) is 5.81. The summed E-state index contributed by atoms with van der Waals surface area (Å²) in [6.45, 7) is 9.36. The molecule has 1 aromatic rings. The fourth-order valence-corrected chi connectivity index (χ4v) is 2.92. The molecule has 1 saturated heterocycles. The third-order valence-electron chi connectivity index (χ3n) is 4.18. The first-order chi connectivity index (χ1) is 12.2. The SMILES string of the molecule is C#Cc1ccc(N2CCN(C(=O)OC(C)(C)C)[C@@H](C)C2)cc1C(=O)OC. The number of ether oxygens (including phenoxy) is 2. The Morgan fingerprint density at radius 2 is 1.96 bits per heavy atom. The minimum absolute atomic E-state index is 0.0208. The number of nitrogens with zero attached hydrogens (tertiary/aromatic N) is 2. The van der Waals surface area contributed by atoms with E-state index in [4.69, 9.17) is 15.9 Å². The van der Waals surface area contributed by atoms with Gasteiger partial charge in [-0.3, -0.25) is 0 Å². The van der Waals surface area contributed by atoms with E-state index in [1.54, 1.807) is 17.0 Å². The Morgan fingerprint density at radius 3 is 2.50 bits per heavy atom. The molecule has 0 aromatic heterocycles. The Labute approximate surface area is 155 Å². The van der Waals surface area contributed by atoms with Gasteiger partial charge in [-0.15, -0.1) is 6.42 Å². The van der Waals surface area contributed by atoms with Gasteiger partial charge in [0.25, 0.3) is 0 Å². The van der Waals surface area contributed by atoms with Gasteiger partial charge in [0.2, 0.25) is 0 Å². The van der Waals surface area contributed by atoms with E-state index in [9.17, 15) is 9.59 Å². The molecule has 6 heteroatoms. The number of esters is 1. The number of anilines is 1. The highest BCUT2D eigenvalue weighted by Crippen LogP contribution is 2.24. The lowest BCUT2D eigenvalue weighted by Gasteiger charge is -2.41. The quantitative estimate of drug-likeness (QED) is 0.601. The second-order valence-electron chi connectivity index (χ2n) is 7.33. The Hall–Kier alpha value is -2.68. The van der Waals surface area contributed by atoms with Crippen LogP contribution in [0, 0.1) is 12.3 Å². The maximum Gasteiger partial charge on any atom is 0.410 e. The Bertz CT molecular complexity index is 730. The zero-order chi connectivity index (χ0) is 19.5. The number of rotatable bonds is 2. The molecule has 1 heterocycles. The molecule has 0 aliphatic carbocycles. The van der Waals surface area contributed by atoms with Gasteiger partial charge in [-0.05, 0) is 45.9 Å². The van der Waals surface area contributed by atoms with Crippen LogP contribution in [0.2, 0.25) is 0 Å². The molecule has 2 rings (SSSR count). The van der Waals surface area contributed by atoms with Crippen LogP contribution >= 0.6 is 0 Å². The smallest absolute Gasteiger partial charge is 0.410 e. The summed E-state index contributed by atoms with van der Waals surface area (Å²) >= 11 is 0. The van der Waals surface area contributed by atoms with E-state index in [2.05, 4.69) is 10.8 Å². The van der Waals surface area contributed by atoms with E-state index in [0.717, 1.165) is 5.69 Å². The fraction of sp³-hybridized carbons (Fsp3) is 0.500. The molecule has 1 aliphatic rings. The standard InChI is InChI=1S/C20H26N2O4/c1-7-15-8-9-16(12-17(15)18(23)25-6)21-10-11-22(14(2)13-21)19(24)26-20(3,4)5/h1,8-9,12,14H,10-11,13H2,2-6H3/t14-/m0/s1. The minimum Gasteiger partial charge on any atom is -0.465 e. The summed E-state index contributed by atoms with van der Waals surface area (Å²) in [6.07, 6.45) is 5.16. The number of piperazine rings is 1. The molecule has 0 saturated carbocycles. The van der Waals surface area contributed by atoms with Gasteiger partial charge >= 0.3 is 12.1 Å². The Balaban J connectivity index is 2.15. The predicted octanol–water partition coefficient (Wildman–Crippen LogP) is 2.90. The van der Waals surface area contributed by atoms with E-state index >= 15 is 0 Å². The summed E-state index contributed by atoms with van der Waals surface area (Å²) in [5.41, 5.74) is 1.23. The van der Waals surface area contributed by atoms with Crippen LogP contribution in [0.15, 0.2) is 18.2 Å². The van der Waals surface area contributed by atoms with Crippen LogP contribution in [0.4, 0.5) is 10.5 Å². The Morgan fingerprint density at radius 1 is 1.27 bits per heavy atom. The highest BCUT2D eigenvalue weighted by Gasteiger charge is 2.31. The van der Waals surface area contributed by atoms with Gasteiger partial charge < -0.3 is 19.3 Å². The van der Waals surface area contributed by atoms with E-state index in [-0.39, 0.29) is 12.1 Å². The molecule has 0 spiro atoms. The summed E-state index contributed by atoms with van der Waals surface area (Å²) in [6, 6.07) is 5.36. The van der Waals surface area contributed by atoms with Crippen LogP contribution in [-0.4, -0.2) is 55.3 Å². The third-order valence-corrected chi connectivity index (χ3v) is 4.18. The highest BCUT2D eigenvalue weighted by molar-refractivity contribution is 5.93. The zero-order valence-electron chi connectivity index (χ0n) is 16.0. The first kappa shape index (κ1) is 19.6. The van der Waals surface area contributed by atoms with Crippen LogP contribution in [-0.2, 0) is 9.47 Å². The van der Waals surface area contributed by atoms with Crippen molar-refractivity contribution in [3.63, 3.8) is 0 Å². The maximum absolute atomic E-state index is 12.3. The molecule has 0 unspecified atom stereocenters. The van der Waals surface area contributed by atoms with E-state index in [1.165, 1.54) is 7.11 Å². The van der Waals surface area contributed by atoms with E-state index < -0.39 is 11.6 Å². The molecule has 1 aliphatic heterocycles. The third kappa shape index (κ3) is 4.48. The fourth-order valence-electron chi connectivity index (χ4n) is 2.92. The predicted molar refractivity (Wildman–Crippen MR) is 100 cm³/mol. The molecular formula is C20H26N2O4. The topological polar surface area (TPSA) is 59.1 Å². The van der Waals surface area contributed by atoms with Gasteiger partial charge in [-0.25, -0.2) is 9.59 Å². The zero-order valence-corrected chi connectivity index (χ0v) is 16.0. The van der Waals surface area contributed by atoms with Gasteiger partial charge in [0.1, 0.15) is 5.60 Å². The number of benzene rings is 1. The average molecular weight is 358 g/mol. The molecule has 1 atom stereocenters. The van der Waals surface area contributed by atoms with Crippen LogP contribution in [0.1, 0.15) is 43.6 Å². The van der Waals surface area contributed by atoms with Gasteiger partial charge in [0.05, 0.1) is 12.7 Å². The summed E-state index contributed by atoms with van der Waals surface area (Å²) in [7, 11) is 1.33.